The molecule has 2 rings (SSSR count). The maximum absolute atomic E-state index is 11.8. The van der Waals surface area contributed by atoms with Crippen molar-refractivity contribution in [1.82, 2.24) is 10.3 Å². The fourth-order valence-electron chi connectivity index (χ4n) is 1.81. The van der Waals surface area contributed by atoms with Gasteiger partial charge < -0.3 is 10.2 Å². The summed E-state index contributed by atoms with van der Waals surface area (Å²) in [6, 6.07) is 6.22. The van der Waals surface area contributed by atoms with Crippen LogP contribution >= 0.6 is 23.1 Å². The van der Waals surface area contributed by atoms with Crippen molar-refractivity contribution in [2.24, 2.45) is 0 Å². The maximum atomic E-state index is 11.8. The first-order valence-corrected chi connectivity index (χ1v) is 8.56. The van der Waals surface area contributed by atoms with E-state index in [0.717, 1.165) is 20.2 Å². The number of hydrogen-bond acceptors (Lipinski definition) is 5. The lowest BCUT2D eigenvalue weighted by Gasteiger charge is -2.19. The molecule has 114 valence electrons. The zero-order chi connectivity index (χ0) is 15.6. The summed E-state index contributed by atoms with van der Waals surface area (Å²) in [4.78, 5) is 18.5. The molecule has 4 nitrogen and oxygen atoms in total. The van der Waals surface area contributed by atoms with Gasteiger partial charge in [0.2, 0.25) is 5.91 Å². The van der Waals surface area contributed by atoms with Crippen molar-refractivity contribution in [3.63, 3.8) is 0 Å². The molecule has 1 N–H and O–H groups in total. The molecular weight excluding hydrogens is 302 g/mol. The first-order valence-electron chi connectivity index (χ1n) is 6.76. The SMILES string of the molecule is CN(C)c1ccc2nc(SCC(=O)NC(C)(C)C)sc2c1. The van der Waals surface area contributed by atoms with E-state index in [1.54, 1.807) is 11.3 Å². The largest absolute Gasteiger partial charge is 0.378 e. The lowest BCUT2D eigenvalue weighted by atomic mass is 10.1. The Kier molecular flexibility index (Phi) is 4.78. The van der Waals surface area contributed by atoms with E-state index in [4.69, 9.17) is 0 Å². The number of thioether (sulfide) groups is 1. The third kappa shape index (κ3) is 4.61. The average Bonchev–Trinajstić information content (AvgIpc) is 2.75. The van der Waals surface area contributed by atoms with Crippen LogP contribution in [0.5, 0.6) is 0 Å². The quantitative estimate of drug-likeness (QED) is 0.876. The van der Waals surface area contributed by atoms with Crippen LogP contribution in [-0.4, -0.2) is 36.3 Å². The third-order valence-corrected chi connectivity index (χ3v) is 4.87. The summed E-state index contributed by atoms with van der Waals surface area (Å²) in [6.07, 6.45) is 0. The van der Waals surface area contributed by atoms with Gasteiger partial charge in [-0.2, -0.15) is 0 Å². The molecule has 0 aliphatic heterocycles. The minimum Gasteiger partial charge on any atom is -0.378 e. The van der Waals surface area contributed by atoms with Crippen molar-refractivity contribution in [1.29, 1.82) is 0 Å². The second-order valence-corrected chi connectivity index (χ2v) is 8.37. The number of hydrogen-bond donors (Lipinski definition) is 1. The molecule has 0 atom stereocenters. The number of benzene rings is 1. The van der Waals surface area contributed by atoms with E-state index >= 15 is 0 Å². The van der Waals surface area contributed by atoms with Gasteiger partial charge in [-0.05, 0) is 39.0 Å². The van der Waals surface area contributed by atoms with Crippen molar-refractivity contribution in [3.8, 4) is 0 Å². The molecule has 0 radical (unpaired) electrons. The number of thiazole rings is 1. The summed E-state index contributed by atoms with van der Waals surface area (Å²) in [7, 11) is 4.05. The van der Waals surface area contributed by atoms with Crippen molar-refractivity contribution in [3.05, 3.63) is 18.2 Å². The van der Waals surface area contributed by atoms with Crippen LogP contribution in [0.4, 0.5) is 5.69 Å². The van der Waals surface area contributed by atoms with Gasteiger partial charge in [0.1, 0.15) is 0 Å². The predicted octanol–water partition coefficient (Wildman–Crippen LogP) is 3.37. The molecule has 6 heteroatoms. The van der Waals surface area contributed by atoms with Crippen LogP contribution in [0.3, 0.4) is 0 Å². The third-order valence-electron chi connectivity index (χ3n) is 2.71. The van der Waals surface area contributed by atoms with E-state index in [1.165, 1.54) is 11.8 Å². The number of aromatic nitrogens is 1. The van der Waals surface area contributed by atoms with Crippen molar-refractivity contribution in [2.75, 3.05) is 24.7 Å². The number of carbonyl (C=O) groups is 1. The minimum absolute atomic E-state index is 0.0423. The van der Waals surface area contributed by atoms with Gasteiger partial charge in [-0.15, -0.1) is 11.3 Å². The highest BCUT2D eigenvalue weighted by Crippen LogP contribution is 2.31. The van der Waals surface area contributed by atoms with E-state index in [1.807, 2.05) is 40.9 Å². The zero-order valence-corrected chi connectivity index (χ0v) is 14.7. The Morgan fingerprint density at radius 2 is 2.10 bits per heavy atom. The Labute approximate surface area is 133 Å². The molecule has 0 bridgehead atoms. The molecule has 0 saturated heterocycles. The highest BCUT2D eigenvalue weighted by atomic mass is 32.2. The Morgan fingerprint density at radius 3 is 2.71 bits per heavy atom. The van der Waals surface area contributed by atoms with Crippen molar-refractivity contribution < 1.29 is 4.79 Å². The van der Waals surface area contributed by atoms with Crippen LogP contribution in [0, 0.1) is 0 Å². The van der Waals surface area contributed by atoms with Gasteiger partial charge in [0.15, 0.2) is 4.34 Å². The van der Waals surface area contributed by atoms with E-state index in [2.05, 4.69) is 27.3 Å². The Hall–Kier alpha value is -1.27. The minimum atomic E-state index is -0.189. The number of anilines is 1. The molecule has 0 aliphatic rings. The van der Waals surface area contributed by atoms with Gasteiger partial charge in [-0.25, -0.2) is 4.98 Å². The average molecular weight is 323 g/mol. The molecule has 0 spiro atoms. The van der Waals surface area contributed by atoms with Crippen LogP contribution in [0.25, 0.3) is 10.2 Å². The van der Waals surface area contributed by atoms with Crippen LogP contribution in [0.2, 0.25) is 0 Å². The Balaban J connectivity index is 2.04. The number of nitrogens with one attached hydrogen (secondary N) is 1. The molecule has 0 fully saturated rings. The van der Waals surface area contributed by atoms with Crippen LogP contribution in [-0.2, 0) is 4.79 Å². The topological polar surface area (TPSA) is 45.2 Å². The summed E-state index contributed by atoms with van der Waals surface area (Å²) in [5, 5.41) is 2.96. The molecule has 1 amide bonds. The lowest BCUT2D eigenvalue weighted by molar-refractivity contribution is -0.119. The van der Waals surface area contributed by atoms with Crippen molar-refractivity contribution in [2.45, 2.75) is 30.6 Å². The number of carbonyl (C=O) groups excluding carboxylic acids is 1. The Bertz CT molecular complexity index is 644. The van der Waals surface area contributed by atoms with E-state index in [-0.39, 0.29) is 11.4 Å². The van der Waals surface area contributed by atoms with Crippen molar-refractivity contribution >= 4 is 44.9 Å². The standard InChI is InChI=1S/C15H21N3OS2/c1-15(2,3)17-13(19)9-20-14-16-11-7-6-10(18(4)5)8-12(11)21-14/h6-8H,9H2,1-5H3,(H,17,19). The second kappa shape index (κ2) is 6.23. The van der Waals surface area contributed by atoms with Gasteiger partial charge in [-0.3, -0.25) is 4.79 Å². The van der Waals surface area contributed by atoms with E-state index < -0.39 is 0 Å². The van der Waals surface area contributed by atoms with Crippen LogP contribution in [0.1, 0.15) is 20.8 Å². The van der Waals surface area contributed by atoms with Gasteiger partial charge in [0.05, 0.1) is 16.0 Å². The molecule has 1 heterocycles. The molecule has 0 saturated carbocycles. The molecular formula is C15H21N3OS2. The van der Waals surface area contributed by atoms with E-state index in [0.29, 0.717) is 5.75 Å². The normalized spacial score (nSPS) is 11.7. The van der Waals surface area contributed by atoms with Gasteiger partial charge in [0.25, 0.3) is 0 Å². The smallest absolute Gasteiger partial charge is 0.230 e. The van der Waals surface area contributed by atoms with E-state index in [9.17, 15) is 4.79 Å². The number of amides is 1. The van der Waals surface area contributed by atoms with Gasteiger partial charge in [0, 0.05) is 25.3 Å². The molecule has 1 aromatic carbocycles. The molecule has 2 aromatic rings. The lowest BCUT2D eigenvalue weighted by Crippen LogP contribution is -2.41. The first kappa shape index (κ1) is 16.1. The molecule has 21 heavy (non-hydrogen) atoms. The summed E-state index contributed by atoms with van der Waals surface area (Å²) < 4.78 is 2.09. The summed E-state index contributed by atoms with van der Waals surface area (Å²) in [5.41, 5.74) is 1.96. The van der Waals surface area contributed by atoms with Gasteiger partial charge in [-0.1, -0.05) is 11.8 Å². The fourth-order valence-corrected chi connectivity index (χ4v) is 3.72. The predicted molar refractivity (Wildman–Crippen MR) is 92.6 cm³/mol. The highest BCUT2D eigenvalue weighted by molar-refractivity contribution is 8.01. The molecule has 1 aromatic heterocycles. The number of fused-ring (bicyclic) bond motifs is 1. The number of nitrogens with zero attached hydrogens (tertiary/aromatic N) is 2. The molecule has 0 unspecified atom stereocenters. The van der Waals surface area contributed by atoms with Crippen LogP contribution in [0.15, 0.2) is 22.5 Å². The maximum Gasteiger partial charge on any atom is 0.230 e. The van der Waals surface area contributed by atoms with Crippen LogP contribution < -0.4 is 10.2 Å². The Morgan fingerprint density at radius 1 is 1.38 bits per heavy atom. The fraction of sp³-hybridized carbons (Fsp3) is 0.467. The first-order chi connectivity index (χ1) is 9.74. The monoisotopic (exact) mass is 323 g/mol. The summed E-state index contributed by atoms with van der Waals surface area (Å²) >= 11 is 3.12. The zero-order valence-electron chi connectivity index (χ0n) is 13.1. The number of rotatable bonds is 4. The van der Waals surface area contributed by atoms with Gasteiger partial charge >= 0.3 is 0 Å². The highest BCUT2D eigenvalue weighted by Gasteiger charge is 2.14. The summed E-state index contributed by atoms with van der Waals surface area (Å²) in [6.45, 7) is 5.95. The molecule has 0 aliphatic carbocycles. The summed E-state index contributed by atoms with van der Waals surface area (Å²) in [5.74, 6) is 0.443. The second-order valence-electron chi connectivity index (χ2n) is 6.11.